The Labute approximate surface area is 133 Å². The molecule has 2 aliphatic rings. The van der Waals surface area contributed by atoms with Crippen LogP contribution in [-0.2, 0) is 4.79 Å². The molecule has 4 nitrogen and oxygen atoms in total. The fraction of sp³-hybridized carbons (Fsp3) is 0.667. The van der Waals surface area contributed by atoms with E-state index >= 15 is 0 Å². The van der Waals surface area contributed by atoms with Gasteiger partial charge in [-0.15, -0.1) is 0 Å². The van der Waals surface area contributed by atoms with Crippen LogP contribution in [0, 0.1) is 18.8 Å². The number of amides is 1. The summed E-state index contributed by atoms with van der Waals surface area (Å²) in [5, 5.41) is 0. The molecule has 4 heteroatoms. The molecule has 1 amide bonds. The van der Waals surface area contributed by atoms with Crippen molar-refractivity contribution in [1.29, 1.82) is 0 Å². The highest BCUT2D eigenvalue weighted by Crippen LogP contribution is 2.26. The minimum atomic E-state index is 0.220. The molecule has 0 radical (unpaired) electrons. The van der Waals surface area contributed by atoms with E-state index in [9.17, 15) is 4.79 Å². The highest BCUT2D eigenvalue weighted by Gasteiger charge is 2.32. The van der Waals surface area contributed by atoms with Crippen molar-refractivity contribution in [3.63, 3.8) is 0 Å². The van der Waals surface area contributed by atoms with Gasteiger partial charge in [0.1, 0.15) is 5.82 Å². The first kappa shape index (κ1) is 15.3. The number of aromatic nitrogens is 1. The van der Waals surface area contributed by atoms with E-state index in [2.05, 4.69) is 40.8 Å². The Morgan fingerprint density at radius 1 is 1.23 bits per heavy atom. The molecule has 0 saturated carbocycles. The lowest BCUT2D eigenvalue weighted by atomic mass is 9.95. The topological polar surface area (TPSA) is 36.4 Å². The van der Waals surface area contributed by atoms with Crippen LogP contribution in [0.5, 0.6) is 0 Å². The van der Waals surface area contributed by atoms with Crippen molar-refractivity contribution in [3.8, 4) is 0 Å². The van der Waals surface area contributed by atoms with Gasteiger partial charge in [-0.3, -0.25) is 4.79 Å². The molecule has 1 aromatic rings. The molecule has 3 rings (SSSR count). The van der Waals surface area contributed by atoms with Crippen molar-refractivity contribution in [3.05, 3.63) is 23.9 Å². The third-order valence-electron chi connectivity index (χ3n) is 5.24. The molecule has 1 aromatic heterocycles. The molecule has 120 valence electrons. The van der Waals surface area contributed by atoms with Gasteiger partial charge in [0.15, 0.2) is 0 Å². The molecule has 0 N–H and O–H groups in total. The van der Waals surface area contributed by atoms with Gasteiger partial charge in [0.25, 0.3) is 0 Å². The molecule has 1 unspecified atom stereocenters. The van der Waals surface area contributed by atoms with Gasteiger partial charge >= 0.3 is 0 Å². The van der Waals surface area contributed by atoms with E-state index in [0.29, 0.717) is 5.91 Å². The number of carbonyl (C=O) groups is 1. The van der Waals surface area contributed by atoms with Crippen molar-refractivity contribution in [1.82, 2.24) is 9.88 Å². The maximum Gasteiger partial charge on any atom is 0.225 e. The zero-order valence-corrected chi connectivity index (χ0v) is 13.8. The van der Waals surface area contributed by atoms with Gasteiger partial charge in [0.2, 0.25) is 5.91 Å². The summed E-state index contributed by atoms with van der Waals surface area (Å²) in [4.78, 5) is 21.6. The Morgan fingerprint density at radius 3 is 2.59 bits per heavy atom. The van der Waals surface area contributed by atoms with Crippen LogP contribution in [0.3, 0.4) is 0 Å². The fourth-order valence-corrected chi connectivity index (χ4v) is 3.63. The summed E-state index contributed by atoms with van der Waals surface area (Å²) in [5.41, 5.74) is 1.19. The average molecular weight is 301 g/mol. The van der Waals surface area contributed by atoms with Gasteiger partial charge in [0, 0.05) is 38.3 Å². The van der Waals surface area contributed by atoms with E-state index < -0.39 is 0 Å². The lowest BCUT2D eigenvalue weighted by molar-refractivity contribution is -0.135. The maximum atomic E-state index is 12.6. The smallest absolute Gasteiger partial charge is 0.225 e. The molecule has 0 aliphatic carbocycles. The Morgan fingerprint density at radius 2 is 2.00 bits per heavy atom. The minimum Gasteiger partial charge on any atom is -0.357 e. The van der Waals surface area contributed by atoms with Gasteiger partial charge in [-0.25, -0.2) is 4.98 Å². The number of hydrogen-bond donors (Lipinski definition) is 0. The van der Waals surface area contributed by atoms with Gasteiger partial charge < -0.3 is 9.80 Å². The van der Waals surface area contributed by atoms with E-state index in [1.165, 1.54) is 18.4 Å². The number of anilines is 1. The van der Waals surface area contributed by atoms with E-state index in [4.69, 9.17) is 0 Å². The van der Waals surface area contributed by atoms with Gasteiger partial charge in [-0.05, 0) is 43.7 Å². The maximum absolute atomic E-state index is 12.6. The zero-order valence-electron chi connectivity index (χ0n) is 13.8. The number of carbonyl (C=O) groups excluding carboxylic acids is 1. The second-order valence-corrected chi connectivity index (χ2v) is 6.80. The zero-order chi connectivity index (χ0) is 15.5. The second-order valence-electron chi connectivity index (χ2n) is 6.80. The number of piperidine rings is 1. The average Bonchev–Trinajstić information content (AvgIpc) is 3.04. The molecule has 0 bridgehead atoms. The molecule has 1 atom stereocenters. The number of hydrogen-bond acceptors (Lipinski definition) is 3. The highest BCUT2D eigenvalue weighted by molar-refractivity contribution is 5.79. The van der Waals surface area contributed by atoms with Crippen molar-refractivity contribution in [2.45, 2.75) is 39.5 Å². The normalized spacial score (nSPS) is 23.1. The Bertz CT molecular complexity index is 506. The van der Waals surface area contributed by atoms with Gasteiger partial charge in [-0.1, -0.05) is 19.4 Å². The van der Waals surface area contributed by atoms with Crippen LogP contribution < -0.4 is 4.90 Å². The van der Waals surface area contributed by atoms with E-state index in [1.807, 2.05) is 6.20 Å². The van der Waals surface area contributed by atoms with Crippen molar-refractivity contribution >= 4 is 11.7 Å². The molecule has 0 aromatic carbocycles. The van der Waals surface area contributed by atoms with Crippen molar-refractivity contribution < 1.29 is 4.79 Å². The third kappa shape index (κ3) is 3.26. The lowest BCUT2D eigenvalue weighted by Gasteiger charge is -2.34. The van der Waals surface area contributed by atoms with Crippen LogP contribution in [0.4, 0.5) is 5.82 Å². The summed E-state index contributed by atoms with van der Waals surface area (Å²) in [6.07, 6.45) is 6.22. The van der Waals surface area contributed by atoms with Crippen LogP contribution in [0.2, 0.25) is 0 Å². The van der Waals surface area contributed by atoms with E-state index in [1.54, 1.807) is 0 Å². The number of rotatable bonds is 3. The largest absolute Gasteiger partial charge is 0.357 e. The summed E-state index contributed by atoms with van der Waals surface area (Å²) in [7, 11) is 0. The van der Waals surface area contributed by atoms with Crippen LogP contribution in [0.1, 0.15) is 38.2 Å². The number of nitrogens with zero attached hydrogens (tertiary/aromatic N) is 3. The monoisotopic (exact) mass is 301 g/mol. The molecule has 22 heavy (non-hydrogen) atoms. The summed E-state index contributed by atoms with van der Waals surface area (Å²) < 4.78 is 0. The summed E-state index contributed by atoms with van der Waals surface area (Å²) in [6, 6.07) is 4.19. The quantitative estimate of drug-likeness (QED) is 0.861. The predicted molar refractivity (Wildman–Crippen MR) is 88.9 cm³/mol. The van der Waals surface area contributed by atoms with Crippen LogP contribution in [-0.4, -0.2) is 42.0 Å². The second kappa shape index (κ2) is 6.67. The Kier molecular flexibility index (Phi) is 4.65. The number of aryl methyl sites for hydroxylation is 1. The molecule has 2 fully saturated rings. The number of pyridine rings is 1. The van der Waals surface area contributed by atoms with Crippen LogP contribution >= 0.6 is 0 Å². The highest BCUT2D eigenvalue weighted by atomic mass is 16.2. The Balaban J connectivity index is 1.53. The fourth-order valence-electron chi connectivity index (χ4n) is 3.63. The molecular formula is C18H27N3O. The molecular weight excluding hydrogens is 274 g/mol. The van der Waals surface area contributed by atoms with Gasteiger partial charge in [-0.2, -0.15) is 0 Å². The predicted octanol–water partition coefficient (Wildman–Crippen LogP) is 2.86. The first-order valence-electron chi connectivity index (χ1n) is 8.63. The summed E-state index contributed by atoms with van der Waals surface area (Å²) >= 11 is 0. The SMILES string of the molecule is CCC1CCN(C(=O)C2CCN(c3ccc(C)cn3)CC2)C1. The van der Waals surface area contributed by atoms with Crippen LogP contribution in [0.15, 0.2) is 18.3 Å². The van der Waals surface area contributed by atoms with E-state index in [0.717, 1.165) is 50.8 Å². The Hall–Kier alpha value is -1.58. The van der Waals surface area contributed by atoms with Crippen LogP contribution in [0.25, 0.3) is 0 Å². The lowest BCUT2D eigenvalue weighted by Crippen LogP contribution is -2.42. The standard InChI is InChI=1S/C18H27N3O/c1-3-15-6-9-21(13-15)18(22)16-7-10-20(11-8-16)17-5-4-14(2)12-19-17/h4-5,12,15-16H,3,6-11,13H2,1-2H3. The number of likely N-dealkylation sites (tertiary alicyclic amines) is 1. The molecule has 0 spiro atoms. The van der Waals surface area contributed by atoms with Crippen molar-refractivity contribution in [2.75, 3.05) is 31.1 Å². The molecule has 2 aliphatic heterocycles. The van der Waals surface area contributed by atoms with Crippen molar-refractivity contribution in [2.24, 2.45) is 11.8 Å². The first-order chi connectivity index (χ1) is 10.7. The van der Waals surface area contributed by atoms with Gasteiger partial charge in [0.05, 0.1) is 0 Å². The van der Waals surface area contributed by atoms with E-state index in [-0.39, 0.29) is 5.92 Å². The molecule has 3 heterocycles. The first-order valence-corrected chi connectivity index (χ1v) is 8.63. The third-order valence-corrected chi connectivity index (χ3v) is 5.24. The summed E-state index contributed by atoms with van der Waals surface area (Å²) in [6.45, 7) is 8.12. The summed E-state index contributed by atoms with van der Waals surface area (Å²) in [5.74, 6) is 2.38. The molecule has 2 saturated heterocycles. The minimum absolute atomic E-state index is 0.220.